The minimum Gasteiger partial charge on any atom is -0.368 e. The third-order valence-electron chi connectivity index (χ3n) is 3.69. The molecule has 0 bridgehead atoms. The lowest BCUT2D eigenvalue weighted by molar-refractivity contribution is 0.625. The number of rotatable bonds is 3. The molecule has 1 aliphatic carbocycles. The van der Waals surface area contributed by atoms with Gasteiger partial charge in [0.2, 0.25) is 5.95 Å². The average Bonchev–Trinajstić information content (AvgIpc) is 2.91. The fourth-order valence-electron chi connectivity index (χ4n) is 2.73. The SMILES string of the molecule is Nc1nc(Cc2cccc(F)c2)nc(C2CCCC2)n1. The first-order valence-corrected chi connectivity index (χ1v) is 6.95. The zero-order valence-electron chi connectivity index (χ0n) is 11.2. The third-order valence-corrected chi connectivity index (χ3v) is 3.69. The Morgan fingerprint density at radius 3 is 2.70 bits per heavy atom. The highest BCUT2D eigenvalue weighted by Gasteiger charge is 2.21. The molecular weight excluding hydrogens is 255 g/mol. The summed E-state index contributed by atoms with van der Waals surface area (Å²) in [5, 5.41) is 0. The summed E-state index contributed by atoms with van der Waals surface area (Å²) in [5.74, 6) is 1.81. The second-order valence-electron chi connectivity index (χ2n) is 5.26. The van der Waals surface area contributed by atoms with E-state index >= 15 is 0 Å². The number of aromatic nitrogens is 3. The standard InChI is InChI=1S/C15H17FN4/c16-12-7-3-4-10(8-12)9-13-18-14(20-15(17)19-13)11-5-1-2-6-11/h3-4,7-8,11H,1-2,5-6,9H2,(H2,17,18,19,20). The Labute approximate surface area is 117 Å². The molecule has 2 aromatic rings. The van der Waals surface area contributed by atoms with Gasteiger partial charge >= 0.3 is 0 Å². The largest absolute Gasteiger partial charge is 0.368 e. The Hall–Kier alpha value is -2.04. The first kappa shape index (κ1) is 13.0. The number of anilines is 1. The van der Waals surface area contributed by atoms with E-state index in [2.05, 4.69) is 15.0 Å². The Bertz CT molecular complexity index is 609. The van der Waals surface area contributed by atoms with Gasteiger partial charge in [-0.1, -0.05) is 25.0 Å². The number of benzene rings is 1. The molecule has 1 aromatic heterocycles. The van der Waals surface area contributed by atoms with Crippen molar-refractivity contribution in [3.8, 4) is 0 Å². The van der Waals surface area contributed by atoms with E-state index in [0.717, 1.165) is 24.2 Å². The van der Waals surface area contributed by atoms with E-state index in [9.17, 15) is 4.39 Å². The molecule has 1 fully saturated rings. The number of hydrogen-bond acceptors (Lipinski definition) is 4. The summed E-state index contributed by atoms with van der Waals surface area (Å²) in [7, 11) is 0. The highest BCUT2D eigenvalue weighted by molar-refractivity contribution is 5.24. The summed E-state index contributed by atoms with van der Waals surface area (Å²) < 4.78 is 13.2. The van der Waals surface area contributed by atoms with E-state index in [1.807, 2.05) is 6.07 Å². The minimum atomic E-state index is -0.249. The van der Waals surface area contributed by atoms with Crippen molar-refractivity contribution in [3.05, 3.63) is 47.3 Å². The summed E-state index contributed by atoms with van der Waals surface area (Å²) in [6, 6.07) is 6.47. The first-order chi connectivity index (χ1) is 9.70. The lowest BCUT2D eigenvalue weighted by atomic mass is 10.1. The van der Waals surface area contributed by atoms with Crippen molar-refractivity contribution >= 4 is 5.95 Å². The topological polar surface area (TPSA) is 64.7 Å². The van der Waals surface area contributed by atoms with Crippen molar-refractivity contribution in [1.29, 1.82) is 0 Å². The molecule has 4 nitrogen and oxygen atoms in total. The maximum Gasteiger partial charge on any atom is 0.223 e. The van der Waals surface area contributed by atoms with E-state index in [4.69, 9.17) is 5.73 Å². The second-order valence-corrected chi connectivity index (χ2v) is 5.26. The predicted molar refractivity (Wildman–Crippen MR) is 74.7 cm³/mol. The molecule has 0 aliphatic heterocycles. The molecule has 0 atom stereocenters. The van der Waals surface area contributed by atoms with Crippen LogP contribution in [0.4, 0.5) is 10.3 Å². The van der Waals surface area contributed by atoms with Crippen LogP contribution < -0.4 is 5.73 Å². The molecule has 0 saturated heterocycles. The molecule has 2 N–H and O–H groups in total. The number of halogens is 1. The minimum absolute atomic E-state index is 0.249. The number of hydrogen-bond donors (Lipinski definition) is 1. The molecule has 0 unspecified atom stereocenters. The number of nitrogens with two attached hydrogens (primary N) is 1. The van der Waals surface area contributed by atoms with Crippen LogP contribution in [0.15, 0.2) is 24.3 Å². The predicted octanol–water partition coefficient (Wildman–Crippen LogP) is 2.84. The maximum atomic E-state index is 13.2. The van der Waals surface area contributed by atoms with Gasteiger partial charge in [-0.25, -0.2) is 9.37 Å². The molecule has 104 valence electrons. The summed E-state index contributed by atoms with van der Waals surface area (Å²) in [5.41, 5.74) is 6.61. The number of nitrogens with zero attached hydrogens (tertiary/aromatic N) is 3. The van der Waals surface area contributed by atoms with Gasteiger partial charge in [0.05, 0.1) is 0 Å². The quantitative estimate of drug-likeness (QED) is 0.933. The van der Waals surface area contributed by atoms with Crippen molar-refractivity contribution in [1.82, 2.24) is 15.0 Å². The Morgan fingerprint density at radius 1 is 1.15 bits per heavy atom. The van der Waals surface area contributed by atoms with E-state index in [1.165, 1.54) is 25.0 Å². The smallest absolute Gasteiger partial charge is 0.223 e. The van der Waals surface area contributed by atoms with Gasteiger partial charge in [0.25, 0.3) is 0 Å². The molecule has 1 aromatic carbocycles. The van der Waals surface area contributed by atoms with Crippen molar-refractivity contribution in [2.45, 2.75) is 38.0 Å². The van der Waals surface area contributed by atoms with Crippen molar-refractivity contribution in [3.63, 3.8) is 0 Å². The highest BCUT2D eigenvalue weighted by atomic mass is 19.1. The normalized spacial score (nSPS) is 15.7. The highest BCUT2D eigenvalue weighted by Crippen LogP contribution is 2.32. The fraction of sp³-hybridized carbons (Fsp3) is 0.400. The van der Waals surface area contributed by atoms with Crippen LogP contribution in [-0.2, 0) is 6.42 Å². The summed E-state index contributed by atoms with van der Waals surface area (Å²) in [4.78, 5) is 12.9. The Balaban J connectivity index is 1.85. The van der Waals surface area contributed by atoms with Crippen LogP contribution in [0.5, 0.6) is 0 Å². The van der Waals surface area contributed by atoms with Crippen LogP contribution in [-0.4, -0.2) is 15.0 Å². The molecule has 1 heterocycles. The van der Waals surface area contributed by atoms with Crippen LogP contribution >= 0.6 is 0 Å². The molecule has 1 saturated carbocycles. The van der Waals surface area contributed by atoms with Crippen LogP contribution in [0.3, 0.4) is 0 Å². The van der Waals surface area contributed by atoms with E-state index in [-0.39, 0.29) is 11.8 Å². The zero-order chi connectivity index (χ0) is 13.9. The van der Waals surface area contributed by atoms with Crippen LogP contribution in [0.2, 0.25) is 0 Å². The van der Waals surface area contributed by atoms with Gasteiger partial charge in [-0.05, 0) is 30.5 Å². The van der Waals surface area contributed by atoms with E-state index in [1.54, 1.807) is 6.07 Å². The van der Waals surface area contributed by atoms with Crippen LogP contribution in [0.25, 0.3) is 0 Å². The molecular formula is C15H17FN4. The third kappa shape index (κ3) is 2.92. The Morgan fingerprint density at radius 2 is 1.95 bits per heavy atom. The molecule has 20 heavy (non-hydrogen) atoms. The lowest BCUT2D eigenvalue weighted by Gasteiger charge is -2.09. The van der Waals surface area contributed by atoms with Gasteiger partial charge < -0.3 is 5.73 Å². The van der Waals surface area contributed by atoms with Crippen molar-refractivity contribution < 1.29 is 4.39 Å². The van der Waals surface area contributed by atoms with Crippen LogP contribution in [0.1, 0.15) is 48.8 Å². The average molecular weight is 272 g/mol. The van der Waals surface area contributed by atoms with Gasteiger partial charge in [0.1, 0.15) is 17.5 Å². The van der Waals surface area contributed by atoms with Crippen LogP contribution in [0, 0.1) is 5.82 Å². The van der Waals surface area contributed by atoms with Crippen molar-refractivity contribution in [2.24, 2.45) is 0 Å². The molecule has 0 radical (unpaired) electrons. The number of nitrogen functional groups attached to an aromatic ring is 1. The monoisotopic (exact) mass is 272 g/mol. The van der Waals surface area contributed by atoms with Gasteiger partial charge in [0.15, 0.2) is 0 Å². The van der Waals surface area contributed by atoms with E-state index in [0.29, 0.717) is 18.2 Å². The van der Waals surface area contributed by atoms with Gasteiger partial charge in [-0.2, -0.15) is 9.97 Å². The van der Waals surface area contributed by atoms with Gasteiger partial charge in [-0.3, -0.25) is 0 Å². The fourth-order valence-corrected chi connectivity index (χ4v) is 2.73. The maximum absolute atomic E-state index is 13.2. The molecule has 3 rings (SSSR count). The summed E-state index contributed by atoms with van der Waals surface area (Å²) in [6.45, 7) is 0. The molecule has 1 aliphatic rings. The van der Waals surface area contributed by atoms with E-state index < -0.39 is 0 Å². The molecule has 0 amide bonds. The zero-order valence-corrected chi connectivity index (χ0v) is 11.2. The summed E-state index contributed by atoms with van der Waals surface area (Å²) in [6.07, 6.45) is 5.14. The lowest BCUT2D eigenvalue weighted by Crippen LogP contribution is -2.10. The Kier molecular flexibility index (Phi) is 3.58. The van der Waals surface area contributed by atoms with Crippen molar-refractivity contribution in [2.75, 3.05) is 5.73 Å². The van der Waals surface area contributed by atoms with Gasteiger partial charge in [-0.15, -0.1) is 0 Å². The molecule has 5 heteroatoms. The van der Waals surface area contributed by atoms with Gasteiger partial charge in [0, 0.05) is 12.3 Å². The first-order valence-electron chi connectivity index (χ1n) is 6.95. The second kappa shape index (κ2) is 5.53. The summed E-state index contributed by atoms with van der Waals surface area (Å²) >= 11 is 0. The molecule has 0 spiro atoms.